The molecule has 1 atom stereocenters. The molecule has 0 spiro atoms. The van der Waals surface area contributed by atoms with Crippen LogP contribution in [0.2, 0.25) is 0 Å². The minimum absolute atomic E-state index is 0.0891. The Labute approximate surface area is 214 Å². The number of nitrogens with zero attached hydrogens (tertiary/aromatic N) is 5. The van der Waals surface area contributed by atoms with Gasteiger partial charge in [-0.05, 0) is 64.7 Å². The first kappa shape index (κ1) is 24.9. The summed E-state index contributed by atoms with van der Waals surface area (Å²) >= 11 is 1.72. The van der Waals surface area contributed by atoms with Crippen LogP contribution in [0.25, 0.3) is 16.0 Å². The molecule has 10 heteroatoms. The van der Waals surface area contributed by atoms with E-state index in [1.165, 1.54) is 5.69 Å². The molecular weight excluding hydrogens is 476 g/mol. The van der Waals surface area contributed by atoms with E-state index in [2.05, 4.69) is 52.5 Å². The highest BCUT2D eigenvalue weighted by molar-refractivity contribution is 7.15. The molecule has 0 bridgehead atoms. The number of methoxy groups -OCH3 is 1. The summed E-state index contributed by atoms with van der Waals surface area (Å²) in [5.41, 5.74) is 2.85. The van der Waals surface area contributed by atoms with Crippen LogP contribution in [-0.2, 0) is 10.2 Å². The predicted molar refractivity (Wildman–Crippen MR) is 140 cm³/mol. The number of aryl methyl sites for hydroxylation is 1. The Morgan fingerprint density at radius 1 is 1.25 bits per heavy atom. The van der Waals surface area contributed by atoms with Gasteiger partial charge in [0.05, 0.1) is 29.8 Å². The van der Waals surface area contributed by atoms with E-state index in [9.17, 15) is 5.11 Å². The zero-order valence-electron chi connectivity index (χ0n) is 21.5. The lowest BCUT2D eigenvalue weighted by Gasteiger charge is -2.25. The second-order valence-electron chi connectivity index (χ2n) is 10.3. The number of anilines is 1. The number of fused-ring (bicyclic) bond motifs is 1. The Morgan fingerprint density at radius 2 is 2.03 bits per heavy atom. The first-order chi connectivity index (χ1) is 17.3. The number of aliphatic hydroxyl groups excluding tert-OH is 1. The molecule has 1 aliphatic carbocycles. The second kappa shape index (κ2) is 9.91. The molecule has 0 unspecified atom stereocenters. The fraction of sp³-hybridized carbons (Fsp3) is 0.538. The van der Waals surface area contributed by atoms with Gasteiger partial charge in [-0.25, -0.2) is 9.50 Å². The van der Waals surface area contributed by atoms with Gasteiger partial charge in [0.15, 0.2) is 0 Å². The smallest absolute Gasteiger partial charge is 0.241 e. The summed E-state index contributed by atoms with van der Waals surface area (Å²) in [7, 11) is 1.69. The van der Waals surface area contributed by atoms with E-state index in [0.29, 0.717) is 30.3 Å². The summed E-state index contributed by atoms with van der Waals surface area (Å²) in [6.07, 6.45) is 5.21. The maximum Gasteiger partial charge on any atom is 0.241 e. The minimum Gasteiger partial charge on any atom is -0.425 e. The number of hydrogen-bond donors (Lipinski definition) is 2. The number of thiophene rings is 1. The maximum absolute atomic E-state index is 10.1. The molecule has 4 heterocycles. The van der Waals surface area contributed by atoms with Crippen LogP contribution in [0, 0.1) is 6.92 Å². The van der Waals surface area contributed by atoms with Gasteiger partial charge >= 0.3 is 0 Å². The fourth-order valence-corrected chi connectivity index (χ4v) is 6.05. The van der Waals surface area contributed by atoms with Gasteiger partial charge in [-0.3, -0.25) is 0 Å². The van der Waals surface area contributed by atoms with Gasteiger partial charge in [0.2, 0.25) is 17.7 Å². The Hall–Kier alpha value is -2.82. The van der Waals surface area contributed by atoms with E-state index in [4.69, 9.17) is 14.3 Å². The summed E-state index contributed by atoms with van der Waals surface area (Å²) in [5.74, 6) is 2.09. The standard InChI is InChI=1S/C26H34N6O3S/c1-15(14-34-5)28-25-27-13-21-19(12-20(32(21)31-25)17-6-8-18(33)9-7-17)22-10-11-23(36-22)26(3,4)24-30-29-16(2)35-24/h10-13,15,17-18,33H,6-9,14H2,1-5H3,(H,28,31)/t15-,17?,18?/m0/s1. The molecule has 36 heavy (non-hydrogen) atoms. The van der Waals surface area contributed by atoms with Crippen LogP contribution >= 0.6 is 11.3 Å². The van der Waals surface area contributed by atoms with Crippen molar-refractivity contribution in [1.82, 2.24) is 24.8 Å². The van der Waals surface area contributed by atoms with E-state index < -0.39 is 5.41 Å². The van der Waals surface area contributed by atoms with Crippen molar-refractivity contribution in [2.75, 3.05) is 19.0 Å². The molecule has 4 aromatic heterocycles. The zero-order chi connectivity index (χ0) is 25.4. The van der Waals surface area contributed by atoms with E-state index in [0.717, 1.165) is 46.5 Å². The van der Waals surface area contributed by atoms with Crippen LogP contribution in [0.1, 0.15) is 74.7 Å². The molecule has 9 nitrogen and oxygen atoms in total. The van der Waals surface area contributed by atoms with Gasteiger partial charge in [-0.15, -0.1) is 26.6 Å². The van der Waals surface area contributed by atoms with E-state index >= 15 is 0 Å². The van der Waals surface area contributed by atoms with Crippen LogP contribution in [-0.4, -0.2) is 55.8 Å². The SMILES string of the molecule is COC[C@H](C)Nc1ncc2c(-c3ccc(C(C)(C)c4nnc(C)o4)s3)cc(C3CCC(O)CC3)n2n1. The molecule has 0 amide bonds. The number of ether oxygens (including phenoxy) is 1. The van der Waals surface area contributed by atoms with Gasteiger partial charge in [0.1, 0.15) is 0 Å². The zero-order valence-corrected chi connectivity index (χ0v) is 22.3. The average molecular weight is 511 g/mol. The van der Waals surface area contributed by atoms with Crippen molar-refractivity contribution < 1.29 is 14.3 Å². The molecular formula is C26H34N6O3S. The summed E-state index contributed by atoms with van der Waals surface area (Å²) < 4.78 is 13.1. The molecule has 0 radical (unpaired) electrons. The van der Waals surface area contributed by atoms with Gasteiger partial charge in [-0.1, -0.05) is 0 Å². The molecule has 0 aromatic carbocycles. The third-order valence-corrected chi connectivity index (χ3v) is 8.44. The quantitative estimate of drug-likeness (QED) is 0.343. The molecule has 1 aliphatic rings. The van der Waals surface area contributed by atoms with Crippen molar-refractivity contribution >= 4 is 22.8 Å². The predicted octanol–water partition coefficient (Wildman–Crippen LogP) is 4.94. The first-order valence-electron chi connectivity index (χ1n) is 12.5. The normalized spacial score (nSPS) is 19.6. The summed E-state index contributed by atoms with van der Waals surface area (Å²) in [6, 6.07) is 6.64. The molecule has 5 rings (SSSR count). The number of rotatable bonds is 8. The number of hydrogen-bond acceptors (Lipinski definition) is 9. The number of nitrogens with one attached hydrogen (secondary N) is 1. The highest BCUT2D eigenvalue weighted by atomic mass is 32.1. The fourth-order valence-electron chi connectivity index (χ4n) is 4.93. The first-order valence-corrected chi connectivity index (χ1v) is 13.3. The van der Waals surface area contributed by atoms with Crippen LogP contribution in [0.4, 0.5) is 5.95 Å². The molecule has 0 saturated heterocycles. The van der Waals surface area contributed by atoms with Crippen molar-refractivity contribution in [1.29, 1.82) is 0 Å². The van der Waals surface area contributed by atoms with Crippen molar-refractivity contribution in [2.45, 2.75) is 76.9 Å². The Kier molecular flexibility index (Phi) is 6.84. The summed E-state index contributed by atoms with van der Waals surface area (Å²) in [6.45, 7) is 8.63. The molecule has 1 fully saturated rings. The Morgan fingerprint density at radius 3 is 2.72 bits per heavy atom. The minimum atomic E-state index is -0.396. The van der Waals surface area contributed by atoms with Crippen LogP contribution in [0.15, 0.2) is 28.8 Å². The topological polar surface area (TPSA) is 111 Å². The average Bonchev–Trinajstić information content (AvgIpc) is 3.58. The van der Waals surface area contributed by atoms with Crippen molar-refractivity contribution in [2.24, 2.45) is 0 Å². The lowest BCUT2D eigenvalue weighted by molar-refractivity contribution is 0.121. The highest BCUT2D eigenvalue weighted by Crippen LogP contribution is 2.42. The molecule has 4 aromatic rings. The largest absolute Gasteiger partial charge is 0.425 e. The molecule has 192 valence electrons. The summed E-state index contributed by atoms with van der Waals surface area (Å²) in [5, 5.41) is 26.6. The second-order valence-corrected chi connectivity index (χ2v) is 11.4. The van der Waals surface area contributed by atoms with Gasteiger partial charge in [0.25, 0.3) is 0 Å². The molecule has 2 N–H and O–H groups in total. The summed E-state index contributed by atoms with van der Waals surface area (Å²) in [4.78, 5) is 6.92. The Balaban J connectivity index is 1.54. The lowest BCUT2D eigenvalue weighted by Crippen LogP contribution is -2.23. The van der Waals surface area contributed by atoms with E-state index in [-0.39, 0.29) is 12.1 Å². The van der Waals surface area contributed by atoms with Crippen molar-refractivity contribution in [3.05, 3.63) is 46.7 Å². The third-order valence-electron chi connectivity index (χ3n) is 7.00. The van der Waals surface area contributed by atoms with Gasteiger partial charge in [-0.2, -0.15) is 0 Å². The number of aromatic nitrogens is 5. The van der Waals surface area contributed by atoms with Crippen LogP contribution in [0.5, 0.6) is 0 Å². The maximum atomic E-state index is 10.1. The Bertz CT molecular complexity index is 1330. The molecule has 1 saturated carbocycles. The highest BCUT2D eigenvalue weighted by Gasteiger charge is 2.32. The van der Waals surface area contributed by atoms with Gasteiger partial charge in [0, 0.05) is 47.0 Å². The lowest BCUT2D eigenvalue weighted by atomic mass is 9.85. The van der Waals surface area contributed by atoms with Crippen molar-refractivity contribution in [3.63, 3.8) is 0 Å². The van der Waals surface area contributed by atoms with Crippen LogP contribution in [0.3, 0.4) is 0 Å². The van der Waals surface area contributed by atoms with Gasteiger partial charge < -0.3 is 19.6 Å². The molecule has 0 aliphatic heterocycles. The van der Waals surface area contributed by atoms with Crippen LogP contribution < -0.4 is 5.32 Å². The number of aliphatic hydroxyl groups is 1. The third kappa shape index (κ3) is 4.77. The van der Waals surface area contributed by atoms with E-state index in [1.807, 2.05) is 24.6 Å². The monoisotopic (exact) mass is 510 g/mol. The van der Waals surface area contributed by atoms with Crippen molar-refractivity contribution in [3.8, 4) is 10.4 Å². The van der Waals surface area contributed by atoms with E-state index in [1.54, 1.807) is 18.4 Å².